The van der Waals surface area contributed by atoms with Crippen LogP contribution in [0, 0.1) is 0 Å². The Morgan fingerprint density at radius 2 is 2.26 bits per heavy atom. The molecule has 0 amide bonds. The number of fused-ring (bicyclic) bond motifs is 1. The molecule has 1 fully saturated rings. The zero-order chi connectivity index (χ0) is 13.5. The van der Waals surface area contributed by atoms with Crippen molar-refractivity contribution in [2.24, 2.45) is 0 Å². The van der Waals surface area contributed by atoms with E-state index in [2.05, 4.69) is 42.0 Å². The minimum atomic E-state index is 0.0617. The van der Waals surface area contributed by atoms with Crippen LogP contribution in [0.3, 0.4) is 0 Å². The van der Waals surface area contributed by atoms with Crippen molar-refractivity contribution in [1.29, 1.82) is 0 Å². The molecule has 1 aliphatic rings. The van der Waals surface area contributed by atoms with Crippen molar-refractivity contribution in [3.8, 4) is 5.88 Å². The maximum absolute atomic E-state index is 5.89. The maximum atomic E-state index is 5.89. The van der Waals surface area contributed by atoms with Crippen molar-refractivity contribution in [1.82, 2.24) is 15.2 Å². The molecule has 5 heteroatoms. The molecule has 0 aromatic carbocycles. The van der Waals surface area contributed by atoms with Gasteiger partial charge in [-0.25, -0.2) is 4.98 Å². The van der Waals surface area contributed by atoms with E-state index in [4.69, 9.17) is 9.47 Å². The van der Waals surface area contributed by atoms with Gasteiger partial charge in [-0.05, 0) is 17.0 Å². The molecular formula is C14H19N3O2. The van der Waals surface area contributed by atoms with E-state index in [9.17, 15) is 0 Å². The van der Waals surface area contributed by atoms with Crippen molar-refractivity contribution < 1.29 is 9.47 Å². The Bertz CT molecular complexity index is 580. The number of aromatic nitrogens is 3. The highest BCUT2D eigenvalue weighted by Gasteiger charge is 2.21. The van der Waals surface area contributed by atoms with Gasteiger partial charge in [0, 0.05) is 12.6 Å². The fourth-order valence-electron chi connectivity index (χ4n) is 2.14. The monoisotopic (exact) mass is 261 g/mol. The van der Waals surface area contributed by atoms with Gasteiger partial charge in [-0.15, -0.1) is 5.10 Å². The molecule has 1 aliphatic heterocycles. The van der Waals surface area contributed by atoms with Crippen molar-refractivity contribution in [2.75, 3.05) is 13.2 Å². The summed E-state index contributed by atoms with van der Waals surface area (Å²) in [6.45, 7) is 7.91. The first-order valence-electron chi connectivity index (χ1n) is 6.63. The highest BCUT2D eigenvalue weighted by atomic mass is 16.5. The number of pyridine rings is 1. The van der Waals surface area contributed by atoms with Gasteiger partial charge in [-0.2, -0.15) is 0 Å². The molecule has 2 aromatic heterocycles. The van der Waals surface area contributed by atoms with E-state index in [1.54, 1.807) is 0 Å². The van der Waals surface area contributed by atoms with E-state index in [0.717, 1.165) is 24.1 Å². The van der Waals surface area contributed by atoms with Gasteiger partial charge < -0.3 is 9.47 Å². The molecule has 3 rings (SSSR count). The van der Waals surface area contributed by atoms with E-state index in [-0.39, 0.29) is 11.5 Å². The quantitative estimate of drug-likeness (QED) is 0.902. The molecule has 1 atom stereocenters. The molecule has 0 bridgehead atoms. The summed E-state index contributed by atoms with van der Waals surface area (Å²) >= 11 is 0. The molecule has 1 saturated heterocycles. The fourth-order valence-corrected chi connectivity index (χ4v) is 2.14. The summed E-state index contributed by atoms with van der Waals surface area (Å²) in [6, 6.07) is 2.11. The van der Waals surface area contributed by atoms with Crippen LogP contribution in [0.4, 0.5) is 0 Å². The molecule has 5 nitrogen and oxygen atoms in total. The van der Waals surface area contributed by atoms with Gasteiger partial charge in [-0.3, -0.25) is 5.10 Å². The molecule has 0 radical (unpaired) electrons. The van der Waals surface area contributed by atoms with Crippen LogP contribution in [0.25, 0.3) is 11.0 Å². The van der Waals surface area contributed by atoms with Crippen LogP contribution in [0.2, 0.25) is 0 Å². The molecule has 19 heavy (non-hydrogen) atoms. The number of aromatic amines is 1. The van der Waals surface area contributed by atoms with Crippen LogP contribution in [0.1, 0.15) is 32.8 Å². The first-order chi connectivity index (χ1) is 9.04. The van der Waals surface area contributed by atoms with Gasteiger partial charge in [0.15, 0.2) is 5.65 Å². The Morgan fingerprint density at radius 3 is 2.95 bits per heavy atom. The van der Waals surface area contributed by atoms with Gasteiger partial charge in [0.1, 0.15) is 6.10 Å². The normalized spacial score (nSPS) is 20.1. The van der Waals surface area contributed by atoms with Gasteiger partial charge >= 0.3 is 0 Å². The van der Waals surface area contributed by atoms with Crippen molar-refractivity contribution >= 4 is 11.0 Å². The van der Waals surface area contributed by atoms with Gasteiger partial charge in [0.25, 0.3) is 0 Å². The molecule has 0 aliphatic carbocycles. The number of H-pyrrole nitrogens is 1. The number of ether oxygens (including phenoxy) is 2. The van der Waals surface area contributed by atoms with Crippen LogP contribution in [0.5, 0.6) is 5.88 Å². The molecule has 0 saturated carbocycles. The SMILES string of the molecule is CC(C)(C)c1cnc2[nH]nc(OC3CCOC3)c2c1. The van der Waals surface area contributed by atoms with Crippen LogP contribution >= 0.6 is 0 Å². The first kappa shape index (κ1) is 12.4. The summed E-state index contributed by atoms with van der Waals surface area (Å²) in [6.07, 6.45) is 2.91. The predicted molar refractivity (Wildman–Crippen MR) is 72.4 cm³/mol. The summed E-state index contributed by atoms with van der Waals surface area (Å²) < 4.78 is 11.2. The third-order valence-corrected chi connectivity index (χ3v) is 3.41. The standard InChI is InChI=1S/C14H19N3O2/c1-14(2,3)9-6-11-12(15-7-9)16-17-13(11)19-10-4-5-18-8-10/h6-7,10H,4-5,8H2,1-3H3,(H,15,16,17). The summed E-state index contributed by atoms with van der Waals surface area (Å²) in [5.41, 5.74) is 2.00. The Morgan fingerprint density at radius 1 is 1.42 bits per heavy atom. The van der Waals surface area contributed by atoms with Crippen molar-refractivity contribution in [3.63, 3.8) is 0 Å². The minimum Gasteiger partial charge on any atom is -0.470 e. The largest absolute Gasteiger partial charge is 0.470 e. The van der Waals surface area contributed by atoms with Crippen LogP contribution in [0.15, 0.2) is 12.3 Å². The van der Waals surface area contributed by atoms with E-state index < -0.39 is 0 Å². The molecule has 2 aromatic rings. The average Bonchev–Trinajstić information content (AvgIpc) is 2.98. The van der Waals surface area contributed by atoms with Crippen LogP contribution in [-0.4, -0.2) is 34.5 Å². The highest BCUT2D eigenvalue weighted by molar-refractivity contribution is 5.81. The number of hydrogen-bond donors (Lipinski definition) is 1. The maximum Gasteiger partial charge on any atom is 0.242 e. The molecule has 1 unspecified atom stereocenters. The molecule has 0 spiro atoms. The van der Waals surface area contributed by atoms with Crippen molar-refractivity contribution in [2.45, 2.75) is 38.7 Å². The second-order valence-electron chi connectivity index (χ2n) is 6.00. The Balaban J connectivity index is 1.95. The zero-order valence-electron chi connectivity index (χ0n) is 11.6. The Hall–Kier alpha value is -1.62. The topological polar surface area (TPSA) is 60.0 Å². The smallest absolute Gasteiger partial charge is 0.242 e. The second kappa shape index (κ2) is 4.49. The number of rotatable bonds is 2. The van der Waals surface area contributed by atoms with E-state index in [1.807, 2.05) is 6.20 Å². The third kappa shape index (κ3) is 2.42. The third-order valence-electron chi connectivity index (χ3n) is 3.41. The van der Waals surface area contributed by atoms with E-state index in [1.165, 1.54) is 5.56 Å². The molecule has 1 N–H and O–H groups in total. The van der Waals surface area contributed by atoms with Gasteiger partial charge in [0.2, 0.25) is 5.88 Å². The predicted octanol–water partition coefficient (Wildman–Crippen LogP) is 2.42. The lowest BCUT2D eigenvalue weighted by molar-refractivity contribution is 0.139. The molecule has 3 heterocycles. The average molecular weight is 261 g/mol. The fraction of sp³-hybridized carbons (Fsp3) is 0.571. The second-order valence-corrected chi connectivity index (χ2v) is 6.00. The lowest BCUT2D eigenvalue weighted by atomic mass is 9.88. The van der Waals surface area contributed by atoms with Crippen LogP contribution < -0.4 is 4.74 Å². The van der Waals surface area contributed by atoms with Crippen molar-refractivity contribution in [3.05, 3.63) is 17.8 Å². The summed E-state index contributed by atoms with van der Waals surface area (Å²) in [4.78, 5) is 4.41. The first-order valence-corrected chi connectivity index (χ1v) is 6.63. The van der Waals surface area contributed by atoms with Crippen LogP contribution in [-0.2, 0) is 10.2 Å². The summed E-state index contributed by atoms with van der Waals surface area (Å²) in [5.74, 6) is 0.629. The Labute approximate surface area is 112 Å². The zero-order valence-corrected chi connectivity index (χ0v) is 11.6. The summed E-state index contributed by atoms with van der Waals surface area (Å²) in [5, 5.41) is 8.07. The highest BCUT2D eigenvalue weighted by Crippen LogP contribution is 2.29. The molecule has 102 valence electrons. The van der Waals surface area contributed by atoms with Gasteiger partial charge in [0.05, 0.1) is 18.6 Å². The lowest BCUT2D eigenvalue weighted by Gasteiger charge is -2.18. The molecular weight excluding hydrogens is 242 g/mol. The van der Waals surface area contributed by atoms with E-state index >= 15 is 0 Å². The lowest BCUT2D eigenvalue weighted by Crippen LogP contribution is -2.16. The van der Waals surface area contributed by atoms with E-state index in [0.29, 0.717) is 12.5 Å². The van der Waals surface area contributed by atoms with Gasteiger partial charge in [-0.1, -0.05) is 20.8 Å². The minimum absolute atomic E-state index is 0.0617. The Kier molecular flexibility index (Phi) is 2.93. The summed E-state index contributed by atoms with van der Waals surface area (Å²) in [7, 11) is 0. The number of nitrogens with zero attached hydrogens (tertiary/aromatic N) is 2. The number of nitrogens with one attached hydrogen (secondary N) is 1. The number of hydrogen-bond acceptors (Lipinski definition) is 4.